The topological polar surface area (TPSA) is 68.0 Å². The molecule has 0 atom stereocenters. The molecule has 1 amide bonds. The van der Waals surface area contributed by atoms with E-state index in [0.29, 0.717) is 29.7 Å². The Morgan fingerprint density at radius 1 is 1.36 bits per heavy atom. The van der Waals surface area contributed by atoms with Crippen LogP contribution in [0.2, 0.25) is 5.02 Å². The van der Waals surface area contributed by atoms with Crippen LogP contribution >= 0.6 is 22.9 Å². The SMILES string of the molecule is Cc1noc(CCNC(=O)/C=C/c2ccc(-c3cccc(Cl)c3)s2)n1. The minimum Gasteiger partial charge on any atom is -0.352 e. The van der Waals surface area contributed by atoms with Crippen molar-refractivity contribution < 1.29 is 9.32 Å². The van der Waals surface area contributed by atoms with Gasteiger partial charge in [-0.05, 0) is 42.8 Å². The molecule has 0 aliphatic heterocycles. The summed E-state index contributed by atoms with van der Waals surface area (Å²) in [5, 5.41) is 7.20. The molecule has 0 unspecified atom stereocenters. The first-order valence-corrected chi connectivity index (χ1v) is 8.90. The molecule has 0 aliphatic carbocycles. The van der Waals surface area contributed by atoms with Crippen LogP contribution in [0.5, 0.6) is 0 Å². The molecule has 0 bridgehead atoms. The number of amides is 1. The fourth-order valence-corrected chi connectivity index (χ4v) is 3.29. The Bertz CT molecular complexity index is 901. The molecule has 2 heterocycles. The van der Waals surface area contributed by atoms with Crippen LogP contribution in [-0.4, -0.2) is 22.6 Å². The lowest BCUT2D eigenvalue weighted by molar-refractivity contribution is -0.116. The predicted octanol–water partition coefficient (Wildman–Crippen LogP) is 4.13. The van der Waals surface area contributed by atoms with Gasteiger partial charge in [0.1, 0.15) is 0 Å². The van der Waals surface area contributed by atoms with Crippen molar-refractivity contribution in [2.75, 3.05) is 6.54 Å². The van der Waals surface area contributed by atoms with E-state index in [9.17, 15) is 4.79 Å². The number of nitrogens with one attached hydrogen (secondary N) is 1. The standard InChI is InChI=1S/C18H16ClN3O2S/c1-12-21-18(24-22-12)9-10-20-17(23)8-6-15-5-7-16(25-15)13-3-2-4-14(19)11-13/h2-8,11H,9-10H2,1H3,(H,20,23)/b8-6+. The van der Waals surface area contributed by atoms with Gasteiger partial charge in [-0.2, -0.15) is 4.98 Å². The molecular formula is C18H16ClN3O2S. The van der Waals surface area contributed by atoms with Crippen molar-refractivity contribution in [1.82, 2.24) is 15.5 Å². The van der Waals surface area contributed by atoms with Crippen LogP contribution in [-0.2, 0) is 11.2 Å². The highest BCUT2D eigenvalue weighted by Gasteiger charge is 2.04. The maximum atomic E-state index is 11.9. The van der Waals surface area contributed by atoms with Crippen LogP contribution in [0.15, 0.2) is 47.0 Å². The van der Waals surface area contributed by atoms with Gasteiger partial charge < -0.3 is 9.84 Å². The van der Waals surface area contributed by atoms with E-state index in [4.69, 9.17) is 16.1 Å². The molecule has 25 heavy (non-hydrogen) atoms. The molecule has 3 rings (SSSR count). The second-order valence-electron chi connectivity index (χ2n) is 5.32. The third-order valence-corrected chi connectivity index (χ3v) is 4.68. The summed E-state index contributed by atoms with van der Waals surface area (Å²) in [5.41, 5.74) is 1.07. The first kappa shape index (κ1) is 17.4. The van der Waals surface area contributed by atoms with E-state index in [1.807, 2.05) is 36.4 Å². The molecule has 3 aromatic rings. The normalized spacial score (nSPS) is 11.1. The number of aryl methyl sites for hydroxylation is 1. The molecule has 5 nitrogen and oxygen atoms in total. The molecule has 0 saturated heterocycles. The van der Waals surface area contributed by atoms with E-state index in [-0.39, 0.29) is 5.91 Å². The third-order valence-electron chi connectivity index (χ3n) is 3.34. The molecule has 1 N–H and O–H groups in total. The Kier molecular flexibility index (Phi) is 5.63. The van der Waals surface area contributed by atoms with E-state index in [2.05, 4.69) is 15.5 Å². The highest BCUT2D eigenvalue weighted by molar-refractivity contribution is 7.16. The highest BCUT2D eigenvalue weighted by Crippen LogP contribution is 2.30. The average Bonchev–Trinajstić information content (AvgIpc) is 3.22. The molecule has 0 spiro atoms. The zero-order valence-corrected chi connectivity index (χ0v) is 15.1. The molecule has 7 heteroatoms. The van der Waals surface area contributed by atoms with Crippen molar-refractivity contribution in [3.05, 3.63) is 64.1 Å². The van der Waals surface area contributed by atoms with Crippen LogP contribution in [0.1, 0.15) is 16.6 Å². The Morgan fingerprint density at radius 2 is 2.24 bits per heavy atom. The molecule has 0 saturated carbocycles. The molecule has 128 valence electrons. The summed E-state index contributed by atoms with van der Waals surface area (Å²) in [7, 11) is 0. The number of hydrogen-bond donors (Lipinski definition) is 1. The van der Waals surface area contributed by atoms with E-state index in [0.717, 1.165) is 15.3 Å². The largest absolute Gasteiger partial charge is 0.352 e. The Morgan fingerprint density at radius 3 is 3.00 bits per heavy atom. The fraction of sp³-hybridized carbons (Fsp3) is 0.167. The molecular weight excluding hydrogens is 358 g/mol. The van der Waals surface area contributed by atoms with Gasteiger partial charge in [0.15, 0.2) is 5.82 Å². The molecule has 0 fully saturated rings. The summed E-state index contributed by atoms with van der Waals surface area (Å²) < 4.78 is 4.99. The van der Waals surface area contributed by atoms with Crippen molar-refractivity contribution in [2.45, 2.75) is 13.3 Å². The minimum absolute atomic E-state index is 0.158. The van der Waals surface area contributed by atoms with Crippen molar-refractivity contribution in [1.29, 1.82) is 0 Å². The van der Waals surface area contributed by atoms with Crippen LogP contribution in [0.25, 0.3) is 16.5 Å². The molecule has 0 aliphatic rings. The zero-order chi connectivity index (χ0) is 17.6. The Labute approximate surface area is 154 Å². The summed E-state index contributed by atoms with van der Waals surface area (Å²) in [6.07, 6.45) is 3.83. The number of nitrogens with zero attached hydrogens (tertiary/aromatic N) is 2. The lowest BCUT2D eigenvalue weighted by Gasteiger charge is -1.98. The van der Waals surface area contributed by atoms with Gasteiger partial charge in [-0.3, -0.25) is 4.79 Å². The van der Waals surface area contributed by atoms with Gasteiger partial charge in [0.25, 0.3) is 0 Å². The number of benzene rings is 1. The second kappa shape index (κ2) is 8.09. The van der Waals surface area contributed by atoms with Gasteiger partial charge in [0.05, 0.1) is 0 Å². The average molecular weight is 374 g/mol. The van der Waals surface area contributed by atoms with Crippen LogP contribution in [0.4, 0.5) is 0 Å². The quantitative estimate of drug-likeness (QED) is 0.659. The van der Waals surface area contributed by atoms with Gasteiger partial charge in [0.2, 0.25) is 11.8 Å². The van der Waals surface area contributed by atoms with E-state index >= 15 is 0 Å². The maximum Gasteiger partial charge on any atom is 0.244 e. The van der Waals surface area contributed by atoms with Gasteiger partial charge in [-0.15, -0.1) is 11.3 Å². The van der Waals surface area contributed by atoms with Crippen LogP contribution < -0.4 is 5.32 Å². The number of hydrogen-bond acceptors (Lipinski definition) is 5. The zero-order valence-electron chi connectivity index (χ0n) is 13.5. The van der Waals surface area contributed by atoms with Crippen LogP contribution in [0, 0.1) is 6.92 Å². The first-order valence-electron chi connectivity index (χ1n) is 7.71. The van der Waals surface area contributed by atoms with Gasteiger partial charge in [0, 0.05) is 33.8 Å². The van der Waals surface area contributed by atoms with E-state index in [1.54, 1.807) is 24.3 Å². The lowest BCUT2D eigenvalue weighted by Crippen LogP contribution is -2.23. The maximum absolute atomic E-state index is 11.9. The highest BCUT2D eigenvalue weighted by atomic mass is 35.5. The summed E-state index contributed by atoms with van der Waals surface area (Å²) in [6, 6.07) is 11.7. The van der Waals surface area contributed by atoms with Crippen molar-refractivity contribution in [3.8, 4) is 10.4 Å². The monoisotopic (exact) mass is 373 g/mol. The van der Waals surface area contributed by atoms with Gasteiger partial charge >= 0.3 is 0 Å². The smallest absolute Gasteiger partial charge is 0.244 e. The summed E-state index contributed by atoms with van der Waals surface area (Å²) in [5.74, 6) is 0.953. The van der Waals surface area contributed by atoms with Gasteiger partial charge in [-0.25, -0.2) is 0 Å². The number of carbonyl (C=O) groups excluding carboxylic acids is 1. The number of aromatic nitrogens is 2. The summed E-state index contributed by atoms with van der Waals surface area (Å²) >= 11 is 7.62. The molecule has 0 radical (unpaired) electrons. The molecule has 2 aromatic heterocycles. The third kappa shape index (κ3) is 5.01. The Balaban J connectivity index is 1.52. The molecule has 1 aromatic carbocycles. The van der Waals surface area contributed by atoms with Crippen molar-refractivity contribution in [3.63, 3.8) is 0 Å². The Hall–Kier alpha value is -2.44. The summed E-state index contributed by atoms with van der Waals surface area (Å²) in [4.78, 5) is 18.0. The summed E-state index contributed by atoms with van der Waals surface area (Å²) in [6.45, 7) is 2.20. The van der Waals surface area contributed by atoms with Crippen molar-refractivity contribution >= 4 is 34.9 Å². The van der Waals surface area contributed by atoms with Crippen LogP contribution in [0.3, 0.4) is 0 Å². The van der Waals surface area contributed by atoms with Gasteiger partial charge in [-0.1, -0.05) is 28.9 Å². The number of carbonyl (C=O) groups is 1. The minimum atomic E-state index is -0.158. The first-order chi connectivity index (χ1) is 12.1. The second-order valence-corrected chi connectivity index (χ2v) is 6.87. The van der Waals surface area contributed by atoms with E-state index in [1.165, 1.54) is 6.08 Å². The number of thiophene rings is 1. The number of halogens is 1. The predicted molar refractivity (Wildman–Crippen MR) is 99.5 cm³/mol. The number of rotatable bonds is 6. The van der Waals surface area contributed by atoms with E-state index < -0.39 is 0 Å². The lowest BCUT2D eigenvalue weighted by atomic mass is 10.2. The fourth-order valence-electron chi connectivity index (χ4n) is 2.19. The van der Waals surface area contributed by atoms with Crippen molar-refractivity contribution in [2.24, 2.45) is 0 Å².